The quantitative estimate of drug-likeness (QED) is 0.266. The summed E-state index contributed by atoms with van der Waals surface area (Å²) < 4.78 is 2.59. The van der Waals surface area contributed by atoms with Crippen LogP contribution >= 0.6 is 39.7 Å². The molecule has 3 aromatic rings. The van der Waals surface area contributed by atoms with Crippen LogP contribution in [0.1, 0.15) is 27.3 Å². The molecule has 0 aliphatic carbocycles. The van der Waals surface area contributed by atoms with Gasteiger partial charge < -0.3 is 9.67 Å². The van der Waals surface area contributed by atoms with Crippen LogP contribution in [0.2, 0.25) is 5.02 Å². The van der Waals surface area contributed by atoms with Gasteiger partial charge in [0, 0.05) is 21.5 Å². The molecule has 2 amide bonds. The van der Waals surface area contributed by atoms with Crippen LogP contribution in [0.3, 0.4) is 0 Å². The average molecular weight is 559 g/mol. The van der Waals surface area contributed by atoms with E-state index in [1.807, 2.05) is 30.5 Å². The van der Waals surface area contributed by atoms with Crippen molar-refractivity contribution < 1.29 is 19.5 Å². The first-order valence-electron chi connectivity index (χ1n) is 9.97. The maximum absolute atomic E-state index is 13.3. The van der Waals surface area contributed by atoms with E-state index in [0.29, 0.717) is 22.6 Å². The number of thiocarbonyl (C=S) groups is 1. The number of benzene rings is 2. The molecule has 0 atom stereocenters. The fourth-order valence-electron chi connectivity index (χ4n) is 3.81. The first kappa shape index (κ1) is 23.9. The van der Waals surface area contributed by atoms with E-state index in [0.717, 1.165) is 10.2 Å². The van der Waals surface area contributed by atoms with Crippen molar-refractivity contribution in [3.05, 3.63) is 86.1 Å². The lowest BCUT2D eigenvalue weighted by atomic mass is 10.1. The molecule has 1 fully saturated rings. The van der Waals surface area contributed by atoms with Crippen molar-refractivity contribution in [2.75, 3.05) is 4.90 Å². The van der Waals surface area contributed by atoms with Gasteiger partial charge in [-0.25, -0.2) is 4.79 Å². The summed E-state index contributed by atoms with van der Waals surface area (Å²) in [4.78, 5) is 38.8. The second-order valence-corrected chi connectivity index (χ2v) is 9.28. The van der Waals surface area contributed by atoms with E-state index in [1.54, 1.807) is 24.3 Å². The number of nitrogens with zero attached hydrogens (tertiary/aromatic N) is 2. The van der Waals surface area contributed by atoms with Gasteiger partial charge in [-0.1, -0.05) is 33.6 Å². The summed E-state index contributed by atoms with van der Waals surface area (Å²) in [6.45, 7) is 3.66. The zero-order valence-electron chi connectivity index (χ0n) is 17.9. The number of hydrogen-bond donors (Lipinski definition) is 2. The Kier molecular flexibility index (Phi) is 6.44. The van der Waals surface area contributed by atoms with Crippen LogP contribution in [0.5, 0.6) is 0 Å². The molecule has 2 aromatic carbocycles. The van der Waals surface area contributed by atoms with Gasteiger partial charge in [-0.3, -0.25) is 19.8 Å². The molecule has 2 N–H and O–H groups in total. The molecule has 2 heterocycles. The molecular weight excluding hydrogens is 542 g/mol. The fourth-order valence-corrected chi connectivity index (χ4v) is 4.68. The Bertz CT molecular complexity index is 1430. The summed E-state index contributed by atoms with van der Waals surface area (Å²) in [5.74, 6) is -2.27. The molecule has 34 heavy (non-hydrogen) atoms. The second-order valence-electron chi connectivity index (χ2n) is 7.57. The number of nitrogens with one attached hydrogen (secondary N) is 1. The molecule has 172 valence electrons. The van der Waals surface area contributed by atoms with Gasteiger partial charge in [0.15, 0.2) is 5.11 Å². The van der Waals surface area contributed by atoms with Crippen molar-refractivity contribution in [3.8, 4) is 5.69 Å². The highest BCUT2D eigenvalue weighted by molar-refractivity contribution is 9.10. The van der Waals surface area contributed by atoms with E-state index in [2.05, 4.69) is 21.2 Å². The van der Waals surface area contributed by atoms with Crippen molar-refractivity contribution in [1.82, 2.24) is 9.88 Å². The summed E-state index contributed by atoms with van der Waals surface area (Å²) in [6.07, 6.45) is 1.51. The minimum Gasteiger partial charge on any atom is -0.478 e. The third-order valence-corrected chi connectivity index (χ3v) is 6.48. The van der Waals surface area contributed by atoms with Crippen molar-refractivity contribution in [3.63, 3.8) is 0 Å². The third kappa shape index (κ3) is 4.29. The number of carbonyl (C=O) groups is 3. The molecule has 1 aliphatic heterocycles. The highest BCUT2D eigenvalue weighted by Crippen LogP contribution is 2.28. The number of carboxylic acid groups (broad SMARTS) is 1. The van der Waals surface area contributed by atoms with E-state index in [9.17, 15) is 19.5 Å². The predicted molar refractivity (Wildman–Crippen MR) is 138 cm³/mol. The van der Waals surface area contributed by atoms with Crippen molar-refractivity contribution in [1.29, 1.82) is 0 Å². The Hall–Kier alpha value is -3.27. The number of rotatable bonds is 4. The monoisotopic (exact) mass is 557 g/mol. The zero-order valence-corrected chi connectivity index (χ0v) is 21.1. The topological polar surface area (TPSA) is 91.6 Å². The molecule has 10 heteroatoms. The molecule has 4 rings (SSSR count). The van der Waals surface area contributed by atoms with E-state index in [1.165, 1.54) is 23.1 Å². The van der Waals surface area contributed by atoms with Crippen LogP contribution in [-0.2, 0) is 9.59 Å². The normalized spacial score (nSPS) is 15.1. The van der Waals surface area contributed by atoms with Crippen molar-refractivity contribution in [2.24, 2.45) is 0 Å². The lowest BCUT2D eigenvalue weighted by Crippen LogP contribution is -2.54. The fraction of sp³-hybridized carbons (Fsp3) is 0.0833. The first-order chi connectivity index (χ1) is 16.1. The highest BCUT2D eigenvalue weighted by atomic mass is 79.9. The number of amides is 2. The van der Waals surface area contributed by atoms with Crippen LogP contribution in [0.25, 0.3) is 11.8 Å². The summed E-state index contributed by atoms with van der Waals surface area (Å²) in [7, 11) is 0. The standard InChI is InChI=1S/C24H17BrClN3O4S/c1-12-8-14(13(2)28(12)17-6-7-20(26)18(11-17)23(32)33)9-19-21(30)27-24(34)29(22(19)31)16-5-3-4-15(25)10-16/h3-11H,1-2H3,(H,32,33)(H,27,30,34)/b19-9+. The van der Waals surface area contributed by atoms with E-state index < -0.39 is 17.8 Å². The number of halogens is 2. The van der Waals surface area contributed by atoms with Crippen LogP contribution in [0.4, 0.5) is 5.69 Å². The Morgan fingerprint density at radius 3 is 2.53 bits per heavy atom. The number of aryl methyl sites for hydroxylation is 1. The van der Waals surface area contributed by atoms with Crippen molar-refractivity contribution >= 4 is 74.4 Å². The Labute approximate surface area is 213 Å². The lowest BCUT2D eigenvalue weighted by molar-refractivity contribution is -0.122. The number of aromatic nitrogens is 1. The van der Waals surface area contributed by atoms with E-state index >= 15 is 0 Å². The lowest BCUT2D eigenvalue weighted by Gasteiger charge is -2.29. The molecule has 1 saturated heterocycles. The Morgan fingerprint density at radius 2 is 1.85 bits per heavy atom. The number of carbonyl (C=O) groups excluding carboxylic acids is 2. The van der Waals surface area contributed by atoms with Gasteiger partial charge in [-0.05, 0) is 80.2 Å². The van der Waals surface area contributed by atoms with E-state index in [-0.39, 0.29) is 21.3 Å². The smallest absolute Gasteiger partial charge is 0.337 e. The Morgan fingerprint density at radius 1 is 1.12 bits per heavy atom. The SMILES string of the molecule is Cc1cc(/C=C2\C(=O)NC(=S)N(c3cccc(Br)c3)C2=O)c(C)n1-c1ccc(Cl)c(C(=O)O)c1. The number of aromatic carboxylic acids is 1. The maximum atomic E-state index is 13.3. The zero-order chi connectivity index (χ0) is 24.7. The van der Waals surface area contributed by atoms with Gasteiger partial charge in [0.25, 0.3) is 11.8 Å². The summed E-state index contributed by atoms with van der Waals surface area (Å²) in [5, 5.41) is 12.1. The molecule has 0 radical (unpaired) electrons. The van der Waals surface area contributed by atoms with Gasteiger partial charge in [-0.2, -0.15) is 0 Å². The van der Waals surface area contributed by atoms with E-state index in [4.69, 9.17) is 23.8 Å². The minimum absolute atomic E-state index is 0.00177. The van der Waals surface area contributed by atoms with Crippen LogP contribution in [0, 0.1) is 13.8 Å². The van der Waals surface area contributed by atoms with Gasteiger partial charge in [-0.15, -0.1) is 0 Å². The summed E-state index contributed by atoms with van der Waals surface area (Å²) in [5.41, 5.74) is 3.14. The van der Waals surface area contributed by atoms with Gasteiger partial charge in [0.1, 0.15) is 5.57 Å². The third-order valence-electron chi connectivity index (χ3n) is 5.38. The molecule has 0 bridgehead atoms. The van der Waals surface area contributed by atoms with Gasteiger partial charge in [0.05, 0.1) is 16.3 Å². The Balaban J connectivity index is 1.78. The molecule has 7 nitrogen and oxygen atoms in total. The van der Waals surface area contributed by atoms with Gasteiger partial charge >= 0.3 is 5.97 Å². The van der Waals surface area contributed by atoms with Crippen molar-refractivity contribution in [2.45, 2.75) is 13.8 Å². The summed E-state index contributed by atoms with van der Waals surface area (Å²) >= 11 is 14.6. The average Bonchev–Trinajstić information content (AvgIpc) is 3.04. The molecule has 0 unspecified atom stereocenters. The van der Waals surface area contributed by atoms with Crippen LogP contribution in [0.15, 0.2) is 58.6 Å². The second kappa shape index (κ2) is 9.17. The first-order valence-corrected chi connectivity index (χ1v) is 11.6. The number of hydrogen-bond acceptors (Lipinski definition) is 4. The molecule has 0 saturated carbocycles. The minimum atomic E-state index is -1.13. The largest absolute Gasteiger partial charge is 0.478 e. The van der Waals surface area contributed by atoms with Gasteiger partial charge in [0.2, 0.25) is 0 Å². The molecule has 1 aromatic heterocycles. The molecule has 0 spiro atoms. The molecule has 1 aliphatic rings. The highest BCUT2D eigenvalue weighted by Gasteiger charge is 2.34. The van der Waals surface area contributed by atoms with Crippen LogP contribution < -0.4 is 10.2 Å². The number of anilines is 1. The number of carboxylic acids is 1. The maximum Gasteiger partial charge on any atom is 0.337 e. The summed E-state index contributed by atoms with van der Waals surface area (Å²) in [6, 6.07) is 13.5. The van der Waals surface area contributed by atoms with Crippen LogP contribution in [-0.4, -0.2) is 32.6 Å². The molecular formula is C24H17BrClN3O4S. The predicted octanol–water partition coefficient (Wildman–Crippen LogP) is 5.04.